The molecule has 1 heterocycles. The summed E-state index contributed by atoms with van der Waals surface area (Å²) in [7, 11) is 1.78. The van der Waals surface area contributed by atoms with Gasteiger partial charge in [0.15, 0.2) is 0 Å². The van der Waals surface area contributed by atoms with Crippen molar-refractivity contribution in [3.05, 3.63) is 71.3 Å². The number of carboxylic acids is 1. The van der Waals surface area contributed by atoms with E-state index in [1.54, 1.807) is 31.3 Å². The van der Waals surface area contributed by atoms with E-state index in [0.717, 1.165) is 31.2 Å². The summed E-state index contributed by atoms with van der Waals surface area (Å²) in [6.07, 6.45) is 3.20. The number of hydrogen-bond acceptors (Lipinski definition) is 8. The Bertz CT molecular complexity index is 1210. The van der Waals surface area contributed by atoms with Gasteiger partial charge in [-0.2, -0.15) is 15.0 Å². The molecule has 3 aromatic rings. The predicted molar refractivity (Wildman–Crippen MR) is 147 cm³/mol. The van der Waals surface area contributed by atoms with E-state index in [-0.39, 0.29) is 23.4 Å². The van der Waals surface area contributed by atoms with Crippen molar-refractivity contribution in [2.45, 2.75) is 51.1 Å². The molecule has 10 nitrogen and oxygen atoms in total. The van der Waals surface area contributed by atoms with Crippen LogP contribution in [0.1, 0.15) is 60.0 Å². The third-order valence-electron chi connectivity index (χ3n) is 6.89. The Morgan fingerprint density at radius 2 is 1.58 bits per heavy atom. The van der Waals surface area contributed by atoms with Crippen molar-refractivity contribution in [3.8, 4) is 0 Å². The van der Waals surface area contributed by atoms with E-state index in [0.29, 0.717) is 36.9 Å². The molecular weight excluding hydrogens is 482 g/mol. The molecular formula is C28H35N7O3. The Morgan fingerprint density at radius 3 is 2.24 bits per heavy atom. The van der Waals surface area contributed by atoms with Gasteiger partial charge in [-0.15, -0.1) is 0 Å². The number of anilines is 3. The molecule has 0 bridgehead atoms. The van der Waals surface area contributed by atoms with E-state index in [9.17, 15) is 9.59 Å². The second-order valence-electron chi connectivity index (χ2n) is 9.66. The fraction of sp³-hybridized carbons (Fsp3) is 0.393. The van der Waals surface area contributed by atoms with Gasteiger partial charge in [-0.3, -0.25) is 4.79 Å². The molecule has 38 heavy (non-hydrogen) atoms. The minimum Gasteiger partial charge on any atom is -0.478 e. The molecule has 2 aromatic carbocycles. The number of carbonyl (C=O) groups excluding carboxylic acids is 1. The molecule has 1 aliphatic carbocycles. The van der Waals surface area contributed by atoms with Gasteiger partial charge < -0.3 is 26.4 Å². The number of aromatic nitrogens is 3. The molecule has 200 valence electrons. The normalized spacial score (nSPS) is 17.7. The average molecular weight is 518 g/mol. The van der Waals surface area contributed by atoms with E-state index < -0.39 is 5.97 Å². The first-order valence-corrected chi connectivity index (χ1v) is 13.0. The maximum Gasteiger partial charge on any atom is 0.335 e. The maximum atomic E-state index is 12.7. The van der Waals surface area contributed by atoms with Gasteiger partial charge >= 0.3 is 5.97 Å². The minimum absolute atomic E-state index is 0.0300. The molecule has 1 atom stereocenters. The summed E-state index contributed by atoms with van der Waals surface area (Å²) in [5, 5.41) is 21.7. The highest BCUT2D eigenvalue weighted by molar-refractivity contribution is 5.87. The number of hydrogen-bond donors (Lipinski definition) is 5. The first-order chi connectivity index (χ1) is 18.4. The molecule has 1 fully saturated rings. The fourth-order valence-electron chi connectivity index (χ4n) is 4.56. The topological polar surface area (TPSA) is 141 Å². The SMILES string of the molecule is CNc1nc(NC[C@H](C)c2ccccc2)nc(N[C@H]2CC[C@@H](C(=O)NCc3ccc(C(=O)O)cc3)CC2)n1. The zero-order valence-electron chi connectivity index (χ0n) is 21.8. The standard InChI is InChI=1S/C28H35N7O3/c1-18(20-6-4-3-5-7-20)16-31-27-33-26(29-2)34-28(35-27)32-23-14-12-21(13-15-23)24(36)30-17-19-8-10-22(11-9-19)25(37)38/h3-11,18,21,23H,12-17H2,1-2H3,(H,30,36)(H,37,38)(H3,29,31,32,33,34,35)/t18-,21-,23+/m0/s1. The van der Waals surface area contributed by atoms with Crippen LogP contribution >= 0.6 is 0 Å². The van der Waals surface area contributed by atoms with Gasteiger partial charge in [0, 0.05) is 32.1 Å². The summed E-state index contributed by atoms with van der Waals surface area (Å²) >= 11 is 0. The van der Waals surface area contributed by atoms with E-state index in [4.69, 9.17) is 5.11 Å². The Morgan fingerprint density at radius 1 is 0.921 bits per heavy atom. The van der Waals surface area contributed by atoms with Crippen LogP contribution in [0.3, 0.4) is 0 Å². The summed E-state index contributed by atoms with van der Waals surface area (Å²) in [6.45, 7) is 3.24. The molecule has 0 radical (unpaired) electrons. The van der Waals surface area contributed by atoms with Crippen LogP contribution in [0.4, 0.5) is 17.8 Å². The molecule has 1 saturated carbocycles. The predicted octanol–water partition coefficient (Wildman–Crippen LogP) is 4.11. The number of benzene rings is 2. The lowest BCUT2D eigenvalue weighted by molar-refractivity contribution is -0.126. The van der Waals surface area contributed by atoms with Gasteiger partial charge in [0.25, 0.3) is 0 Å². The molecule has 0 aliphatic heterocycles. The summed E-state index contributed by atoms with van der Waals surface area (Å²) in [5.41, 5.74) is 2.35. The highest BCUT2D eigenvalue weighted by Gasteiger charge is 2.26. The summed E-state index contributed by atoms with van der Waals surface area (Å²) in [6, 6.07) is 17.0. The monoisotopic (exact) mass is 517 g/mol. The molecule has 0 unspecified atom stereocenters. The lowest BCUT2D eigenvalue weighted by atomic mass is 9.85. The van der Waals surface area contributed by atoms with Crippen molar-refractivity contribution < 1.29 is 14.7 Å². The molecule has 0 spiro atoms. The third kappa shape index (κ3) is 7.41. The summed E-state index contributed by atoms with van der Waals surface area (Å²) in [4.78, 5) is 37.2. The van der Waals surface area contributed by atoms with Gasteiger partial charge in [-0.1, -0.05) is 49.4 Å². The number of nitrogens with zero attached hydrogens (tertiary/aromatic N) is 3. The molecule has 5 N–H and O–H groups in total. The van der Waals surface area contributed by atoms with Gasteiger partial charge in [-0.05, 0) is 54.9 Å². The lowest BCUT2D eigenvalue weighted by Crippen LogP contribution is -2.36. The smallest absolute Gasteiger partial charge is 0.335 e. The zero-order valence-corrected chi connectivity index (χ0v) is 21.8. The van der Waals surface area contributed by atoms with E-state index in [1.807, 2.05) is 18.2 Å². The Kier molecular flexibility index (Phi) is 9.07. The number of carbonyl (C=O) groups is 2. The second kappa shape index (κ2) is 12.8. The second-order valence-corrected chi connectivity index (χ2v) is 9.66. The first-order valence-electron chi connectivity index (χ1n) is 13.0. The number of nitrogens with one attached hydrogen (secondary N) is 4. The van der Waals surface area contributed by atoms with E-state index in [2.05, 4.69) is 55.3 Å². The molecule has 10 heteroatoms. The van der Waals surface area contributed by atoms with Crippen molar-refractivity contribution in [2.24, 2.45) is 5.92 Å². The lowest BCUT2D eigenvalue weighted by Gasteiger charge is -2.28. The van der Waals surface area contributed by atoms with Crippen molar-refractivity contribution >= 4 is 29.7 Å². The Balaban J connectivity index is 1.26. The van der Waals surface area contributed by atoms with Crippen LogP contribution < -0.4 is 21.3 Å². The van der Waals surface area contributed by atoms with Gasteiger partial charge in [0.1, 0.15) is 0 Å². The van der Waals surface area contributed by atoms with Crippen LogP contribution in [0.2, 0.25) is 0 Å². The van der Waals surface area contributed by atoms with Gasteiger partial charge in [0.05, 0.1) is 5.56 Å². The van der Waals surface area contributed by atoms with E-state index >= 15 is 0 Å². The highest BCUT2D eigenvalue weighted by atomic mass is 16.4. The largest absolute Gasteiger partial charge is 0.478 e. The van der Waals surface area contributed by atoms with Crippen molar-refractivity contribution in [2.75, 3.05) is 29.5 Å². The van der Waals surface area contributed by atoms with Gasteiger partial charge in [0.2, 0.25) is 23.8 Å². The number of aromatic carboxylic acids is 1. The van der Waals surface area contributed by atoms with Crippen LogP contribution in [-0.4, -0.2) is 51.6 Å². The Labute approximate surface area is 222 Å². The average Bonchev–Trinajstić information content (AvgIpc) is 2.95. The molecule has 1 aliphatic rings. The van der Waals surface area contributed by atoms with E-state index in [1.165, 1.54) is 5.56 Å². The zero-order chi connectivity index (χ0) is 26.9. The first kappa shape index (κ1) is 26.8. The number of carboxylic acid groups (broad SMARTS) is 1. The number of rotatable bonds is 11. The highest BCUT2D eigenvalue weighted by Crippen LogP contribution is 2.27. The third-order valence-corrected chi connectivity index (χ3v) is 6.89. The fourth-order valence-corrected chi connectivity index (χ4v) is 4.56. The van der Waals surface area contributed by atoms with Crippen LogP contribution in [-0.2, 0) is 11.3 Å². The molecule has 4 rings (SSSR count). The summed E-state index contributed by atoms with van der Waals surface area (Å²) < 4.78 is 0. The minimum atomic E-state index is -0.963. The molecule has 0 saturated heterocycles. The molecule has 1 aromatic heterocycles. The van der Waals surface area contributed by atoms with Gasteiger partial charge in [-0.25, -0.2) is 4.79 Å². The van der Waals surface area contributed by atoms with Crippen LogP contribution in [0.5, 0.6) is 0 Å². The number of amides is 1. The van der Waals surface area contributed by atoms with Crippen LogP contribution in [0.15, 0.2) is 54.6 Å². The Hall–Kier alpha value is -4.21. The van der Waals surface area contributed by atoms with Crippen molar-refractivity contribution in [1.82, 2.24) is 20.3 Å². The quantitative estimate of drug-likeness (QED) is 0.254. The van der Waals surface area contributed by atoms with Crippen LogP contribution in [0, 0.1) is 5.92 Å². The van der Waals surface area contributed by atoms with Crippen LogP contribution in [0.25, 0.3) is 0 Å². The van der Waals surface area contributed by atoms with Crippen molar-refractivity contribution in [3.63, 3.8) is 0 Å². The molecule has 1 amide bonds. The maximum absolute atomic E-state index is 12.7. The van der Waals surface area contributed by atoms with Crippen molar-refractivity contribution in [1.29, 1.82) is 0 Å². The summed E-state index contributed by atoms with van der Waals surface area (Å²) in [5.74, 6) is 0.831.